The summed E-state index contributed by atoms with van der Waals surface area (Å²) in [6.07, 6.45) is 69.3. The van der Waals surface area contributed by atoms with E-state index in [0.29, 0.717) is 19.3 Å². The molecule has 1 unspecified atom stereocenters. The zero-order chi connectivity index (χ0) is 48.6. The molecule has 0 aliphatic heterocycles. The predicted molar refractivity (Wildman–Crippen MR) is 288 cm³/mol. The van der Waals surface area contributed by atoms with Crippen LogP contribution in [0.4, 0.5) is 0 Å². The number of carbonyl (C=O) groups excluding carboxylic acids is 3. The Bertz CT molecular complexity index is 1210. The van der Waals surface area contributed by atoms with Gasteiger partial charge in [-0.05, 0) is 83.5 Å². The molecule has 0 fully saturated rings. The minimum absolute atomic E-state index is 0.0825. The molecule has 1 atom stereocenters. The van der Waals surface area contributed by atoms with Crippen LogP contribution >= 0.6 is 0 Å². The SMILES string of the molecule is CC/C=C\C/C=C\C/C=C\C/C=C\CCCCCCC(=O)OC(COC(=O)CCCCCCCCCCC/C=C\CCCCCCCCCC)COC(=O)CCCCCCCCCCCCC. The minimum atomic E-state index is -0.786. The van der Waals surface area contributed by atoms with Gasteiger partial charge in [0.1, 0.15) is 13.2 Å². The molecule has 0 saturated carbocycles. The van der Waals surface area contributed by atoms with Crippen molar-refractivity contribution >= 4 is 17.9 Å². The van der Waals surface area contributed by atoms with Crippen LogP contribution in [0.5, 0.6) is 0 Å². The Morgan fingerprint density at radius 1 is 0.313 bits per heavy atom. The Labute approximate surface area is 415 Å². The van der Waals surface area contributed by atoms with Gasteiger partial charge in [-0.2, -0.15) is 0 Å². The van der Waals surface area contributed by atoms with E-state index < -0.39 is 6.10 Å². The van der Waals surface area contributed by atoms with Crippen LogP contribution in [0, 0.1) is 0 Å². The monoisotopic (exact) mass is 937 g/mol. The van der Waals surface area contributed by atoms with Gasteiger partial charge in [0.05, 0.1) is 0 Å². The highest BCUT2D eigenvalue weighted by atomic mass is 16.6. The molecule has 0 amide bonds. The molecule has 388 valence electrons. The average Bonchev–Trinajstić information content (AvgIpc) is 3.33. The van der Waals surface area contributed by atoms with E-state index in [9.17, 15) is 14.4 Å². The second kappa shape index (κ2) is 55.7. The van der Waals surface area contributed by atoms with Crippen LogP contribution in [0.3, 0.4) is 0 Å². The smallest absolute Gasteiger partial charge is 0.306 e. The van der Waals surface area contributed by atoms with E-state index in [2.05, 4.69) is 81.5 Å². The molecule has 0 radical (unpaired) electrons. The number of hydrogen-bond acceptors (Lipinski definition) is 6. The van der Waals surface area contributed by atoms with Gasteiger partial charge in [0, 0.05) is 19.3 Å². The van der Waals surface area contributed by atoms with Crippen molar-refractivity contribution in [1.29, 1.82) is 0 Å². The van der Waals surface area contributed by atoms with Crippen molar-refractivity contribution in [2.24, 2.45) is 0 Å². The maximum absolute atomic E-state index is 12.8. The Kier molecular flexibility index (Phi) is 53.3. The lowest BCUT2D eigenvalue weighted by molar-refractivity contribution is -0.167. The lowest BCUT2D eigenvalue weighted by atomic mass is 10.1. The molecule has 0 aromatic rings. The second-order valence-electron chi connectivity index (χ2n) is 19.2. The van der Waals surface area contributed by atoms with Crippen molar-refractivity contribution in [1.82, 2.24) is 0 Å². The zero-order valence-electron chi connectivity index (χ0n) is 44.4. The third-order valence-corrected chi connectivity index (χ3v) is 12.5. The van der Waals surface area contributed by atoms with E-state index in [1.807, 2.05) is 0 Å². The summed E-state index contributed by atoms with van der Waals surface area (Å²) in [4.78, 5) is 38.1. The Morgan fingerprint density at radius 3 is 0.925 bits per heavy atom. The van der Waals surface area contributed by atoms with Crippen LogP contribution in [-0.4, -0.2) is 37.2 Å². The molecular weight excluding hydrogens is 829 g/mol. The largest absolute Gasteiger partial charge is 0.462 e. The van der Waals surface area contributed by atoms with Gasteiger partial charge in [-0.15, -0.1) is 0 Å². The Hall–Kier alpha value is -2.89. The first-order valence-corrected chi connectivity index (χ1v) is 28.8. The summed E-state index contributed by atoms with van der Waals surface area (Å²) < 4.78 is 16.8. The molecule has 67 heavy (non-hydrogen) atoms. The highest BCUT2D eigenvalue weighted by molar-refractivity contribution is 5.71. The van der Waals surface area contributed by atoms with Crippen LogP contribution in [0.15, 0.2) is 60.8 Å². The van der Waals surface area contributed by atoms with Crippen LogP contribution in [-0.2, 0) is 28.6 Å². The quantitative estimate of drug-likeness (QED) is 0.0262. The molecular formula is C61H108O6. The van der Waals surface area contributed by atoms with Gasteiger partial charge >= 0.3 is 17.9 Å². The Balaban J connectivity index is 4.33. The normalized spacial score (nSPS) is 12.5. The van der Waals surface area contributed by atoms with Crippen molar-refractivity contribution in [2.45, 2.75) is 297 Å². The summed E-state index contributed by atoms with van der Waals surface area (Å²) in [7, 11) is 0. The van der Waals surface area contributed by atoms with Crippen molar-refractivity contribution in [3.05, 3.63) is 60.8 Å². The molecule has 0 spiro atoms. The van der Waals surface area contributed by atoms with Gasteiger partial charge in [-0.1, -0.05) is 248 Å². The molecule has 0 rings (SSSR count). The van der Waals surface area contributed by atoms with E-state index in [1.165, 1.54) is 154 Å². The van der Waals surface area contributed by atoms with Gasteiger partial charge in [-0.25, -0.2) is 0 Å². The van der Waals surface area contributed by atoms with Gasteiger partial charge in [0.15, 0.2) is 6.10 Å². The molecule has 0 aliphatic carbocycles. The summed E-state index contributed by atoms with van der Waals surface area (Å²) >= 11 is 0. The van der Waals surface area contributed by atoms with E-state index in [-0.39, 0.29) is 31.1 Å². The van der Waals surface area contributed by atoms with E-state index in [4.69, 9.17) is 14.2 Å². The number of allylic oxidation sites excluding steroid dienone is 10. The number of rotatable bonds is 52. The number of esters is 3. The molecule has 0 aliphatic rings. The van der Waals surface area contributed by atoms with Crippen molar-refractivity contribution in [3.63, 3.8) is 0 Å². The first-order valence-electron chi connectivity index (χ1n) is 28.8. The zero-order valence-corrected chi connectivity index (χ0v) is 44.4. The minimum Gasteiger partial charge on any atom is -0.462 e. The Morgan fingerprint density at radius 2 is 0.582 bits per heavy atom. The third-order valence-electron chi connectivity index (χ3n) is 12.5. The standard InChI is InChI=1S/C61H108O6/c1-4-7-10-13-16-19-22-24-26-28-29-30-31-33-34-36-39-42-45-48-51-54-60(63)66-57-58(56-65-59(62)53-50-47-44-41-38-21-18-15-12-9-6-3)67-61(64)55-52-49-46-43-40-37-35-32-27-25-23-20-17-14-11-8-5-2/h8,11,17,20,25,27-29,35,37,58H,4-7,9-10,12-16,18-19,21-24,26,30-34,36,38-57H2,1-3H3/b11-8-,20-17-,27-25-,29-28-,37-35-. The van der Waals surface area contributed by atoms with E-state index in [0.717, 1.165) is 96.3 Å². The third kappa shape index (κ3) is 53.9. The fraction of sp³-hybridized carbons (Fsp3) is 0.787. The lowest BCUT2D eigenvalue weighted by Gasteiger charge is -2.18. The summed E-state index contributed by atoms with van der Waals surface area (Å²) in [5.41, 5.74) is 0. The van der Waals surface area contributed by atoms with Crippen molar-refractivity contribution in [2.75, 3.05) is 13.2 Å². The highest BCUT2D eigenvalue weighted by Gasteiger charge is 2.19. The van der Waals surface area contributed by atoms with Crippen LogP contribution in [0.25, 0.3) is 0 Å². The van der Waals surface area contributed by atoms with Gasteiger partial charge in [0.25, 0.3) is 0 Å². The van der Waals surface area contributed by atoms with Gasteiger partial charge in [-0.3, -0.25) is 14.4 Å². The maximum atomic E-state index is 12.8. The number of ether oxygens (including phenoxy) is 3. The van der Waals surface area contributed by atoms with Gasteiger partial charge < -0.3 is 14.2 Å². The van der Waals surface area contributed by atoms with E-state index >= 15 is 0 Å². The predicted octanol–water partition coefficient (Wildman–Crippen LogP) is 19.2. The molecule has 6 heteroatoms. The molecule has 0 saturated heterocycles. The van der Waals surface area contributed by atoms with Crippen LogP contribution in [0.2, 0.25) is 0 Å². The summed E-state index contributed by atoms with van der Waals surface area (Å²) in [6, 6.07) is 0. The first kappa shape index (κ1) is 64.1. The van der Waals surface area contributed by atoms with Crippen LogP contribution in [0.1, 0.15) is 290 Å². The number of unbranched alkanes of at least 4 members (excludes halogenated alkanes) is 31. The van der Waals surface area contributed by atoms with Crippen molar-refractivity contribution < 1.29 is 28.6 Å². The fourth-order valence-electron chi connectivity index (χ4n) is 8.19. The molecule has 0 N–H and O–H groups in total. The first-order chi connectivity index (χ1) is 33.0. The number of hydrogen-bond donors (Lipinski definition) is 0. The topological polar surface area (TPSA) is 78.9 Å². The van der Waals surface area contributed by atoms with Gasteiger partial charge in [0.2, 0.25) is 0 Å². The second-order valence-corrected chi connectivity index (χ2v) is 19.2. The molecule has 0 bridgehead atoms. The fourth-order valence-corrected chi connectivity index (χ4v) is 8.19. The number of carbonyl (C=O) groups is 3. The van der Waals surface area contributed by atoms with E-state index in [1.54, 1.807) is 0 Å². The maximum Gasteiger partial charge on any atom is 0.306 e. The summed E-state index contributed by atoms with van der Waals surface area (Å²) in [5.74, 6) is -0.899. The summed E-state index contributed by atoms with van der Waals surface area (Å²) in [6.45, 7) is 6.52. The molecule has 0 aromatic heterocycles. The highest BCUT2D eigenvalue weighted by Crippen LogP contribution is 2.16. The van der Waals surface area contributed by atoms with Crippen molar-refractivity contribution in [3.8, 4) is 0 Å². The molecule has 0 heterocycles. The molecule has 0 aromatic carbocycles. The van der Waals surface area contributed by atoms with Crippen LogP contribution < -0.4 is 0 Å². The average molecular weight is 938 g/mol. The lowest BCUT2D eigenvalue weighted by Crippen LogP contribution is -2.30. The summed E-state index contributed by atoms with van der Waals surface area (Å²) in [5, 5.41) is 0. The molecule has 6 nitrogen and oxygen atoms in total.